The van der Waals surface area contributed by atoms with Gasteiger partial charge in [-0.3, -0.25) is 0 Å². The largest absolute Gasteiger partial charge is 0.495 e. The zero-order valence-corrected chi connectivity index (χ0v) is 13.4. The van der Waals surface area contributed by atoms with Crippen LogP contribution in [0.4, 0.5) is 4.39 Å². The van der Waals surface area contributed by atoms with Crippen molar-refractivity contribution in [2.45, 2.75) is 45.8 Å². The lowest BCUT2D eigenvalue weighted by molar-refractivity contribution is 0.00578. The quantitative estimate of drug-likeness (QED) is 0.786. The Balaban J connectivity index is 2.46. The highest BCUT2D eigenvalue weighted by atomic mass is 35.5. The fraction of sp³-hybridized carbons (Fsp3) is 0.571. The maximum atomic E-state index is 14.0. The monoisotopic (exact) mass is 300 g/mol. The van der Waals surface area contributed by atoms with Crippen molar-refractivity contribution in [3.63, 3.8) is 0 Å². The first-order valence-corrected chi connectivity index (χ1v) is 6.86. The van der Waals surface area contributed by atoms with E-state index in [2.05, 4.69) is 0 Å². The molecule has 0 aliphatic carbocycles. The molecule has 1 aromatic carbocycles. The molecule has 0 atom stereocenters. The van der Waals surface area contributed by atoms with Gasteiger partial charge in [0.05, 0.1) is 23.3 Å². The Bertz CT molecular complexity index is 530. The standard InChI is InChI=1S/C14H19BClFO3/c1-8-9(7-10(17)12(18-6)11(8)16)15-19-13(2,3)14(4,5)20-15/h7H,1-6H3. The summed E-state index contributed by atoms with van der Waals surface area (Å²) in [6.45, 7) is 9.59. The Morgan fingerprint density at radius 2 is 1.70 bits per heavy atom. The van der Waals surface area contributed by atoms with Crippen molar-refractivity contribution in [3.8, 4) is 5.75 Å². The molecule has 0 bridgehead atoms. The van der Waals surface area contributed by atoms with Crippen LogP contribution in [-0.4, -0.2) is 25.4 Å². The molecule has 20 heavy (non-hydrogen) atoms. The lowest BCUT2D eigenvalue weighted by atomic mass is 9.76. The SMILES string of the molecule is COc1c(F)cc(B2OC(C)(C)C(C)(C)O2)c(C)c1Cl. The van der Waals surface area contributed by atoms with E-state index in [4.69, 9.17) is 25.6 Å². The Morgan fingerprint density at radius 1 is 1.20 bits per heavy atom. The van der Waals surface area contributed by atoms with Crippen molar-refractivity contribution in [1.82, 2.24) is 0 Å². The zero-order chi connectivity index (χ0) is 15.3. The smallest absolute Gasteiger partial charge is 0.492 e. The number of methoxy groups -OCH3 is 1. The number of benzene rings is 1. The van der Waals surface area contributed by atoms with Gasteiger partial charge in [0.1, 0.15) is 0 Å². The van der Waals surface area contributed by atoms with Gasteiger partial charge in [-0.25, -0.2) is 4.39 Å². The molecule has 1 aliphatic rings. The minimum Gasteiger partial charge on any atom is -0.492 e. The summed E-state index contributed by atoms with van der Waals surface area (Å²) in [6, 6.07) is 1.36. The van der Waals surface area contributed by atoms with Gasteiger partial charge in [-0.2, -0.15) is 0 Å². The Labute approximate surface area is 124 Å². The van der Waals surface area contributed by atoms with E-state index in [1.165, 1.54) is 13.2 Å². The average molecular weight is 301 g/mol. The first kappa shape index (κ1) is 15.6. The van der Waals surface area contributed by atoms with Crippen LogP contribution >= 0.6 is 11.6 Å². The van der Waals surface area contributed by atoms with Gasteiger partial charge in [0.25, 0.3) is 0 Å². The topological polar surface area (TPSA) is 27.7 Å². The van der Waals surface area contributed by atoms with Crippen molar-refractivity contribution >= 4 is 24.2 Å². The highest BCUT2D eigenvalue weighted by Gasteiger charge is 2.52. The average Bonchev–Trinajstić information content (AvgIpc) is 2.54. The molecule has 0 unspecified atom stereocenters. The first-order chi connectivity index (χ1) is 9.10. The van der Waals surface area contributed by atoms with Crippen molar-refractivity contribution < 1.29 is 18.4 Å². The zero-order valence-electron chi connectivity index (χ0n) is 12.6. The highest BCUT2D eigenvalue weighted by Crippen LogP contribution is 2.38. The third kappa shape index (κ3) is 2.32. The summed E-state index contributed by atoms with van der Waals surface area (Å²) in [4.78, 5) is 0. The molecule has 1 fully saturated rings. The summed E-state index contributed by atoms with van der Waals surface area (Å²) in [6.07, 6.45) is 0. The van der Waals surface area contributed by atoms with E-state index < -0.39 is 24.1 Å². The van der Waals surface area contributed by atoms with Gasteiger partial charge in [0, 0.05) is 0 Å². The normalized spacial score (nSPS) is 20.3. The Morgan fingerprint density at radius 3 is 2.15 bits per heavy atom. The number of hydrogen-bond donors (Lipinski definition) is 0. The number of hydrogen-bond acceptors (Lipinski definition) is 3. The molecule has 110 valence electrons. The molecule has 0 amide bonds. The highest BCUT2D eigenvalue weighted by molar-refractivity contribution is 6.63. The van der Waals surface area contributed by atoms with Gasteiger partial charge in [0.15, 0.2) is 11.6 Å². The van der Waals surface area contributed by atoms with Crippen LogP contribution in [0.5, 0.6) is 5.75 Å². The van der Waals surface area contributed by atoms with Crippen LogP contribution in [0.15, 0.2) is 6.07 Å². The van der Waals surface area contributed by atoms with Crippen LogP contribution in [0.3, 0.4) is 0 Å². The molecule has 0 spiro atoms. The fourth-order valence-corrected chi connectivity index (χ4v) is 2.39. The van der Waals surface area contributed by atoms with E-state index in [0.29, 0.717) is 11.0 Å². The molecule has 1 aromatic rings. The second kappa shape index (κ2) is 4.90. The van der Waals surface area contributed by atoms with Gasteiger partial charge in [-0.05, 0) is 51.7 Å². The summed E-state index contributed by atoms with van der Waals surface area (Å²) in [5.74, 6) is -0.475. The third-order valence-electron chi connectivity index (χ3n) is 4.17. The number of rotatable bonds is 2. The van der Waals surface area contributed by atoms with Crippen molar-refractivity contribution in [2.75, 3.05) is 7.11 Å². The van der Waals surface area contributed by atoms with E-state index in [1.807, 2.05) is 27.7 Å². The van der Waals surface area contributed by atoms with Gasteiger partial charge in [-0.15, -0.1) is 0 Å². The molecule has 0 N–H and O–H groups in total. The first-order valence-electron chi connectivity index (χ1n) is 6.49. The second-order valence-corrected chi connectivity index (χ2v) is 6.39. The summed E-state index contributed by atoms with van der Waals surface area (Å²) in [5.41, 5.74) is 0.329. The molecule has 0 saturated carbocycles. The van der Waals surface area contributed by atoms with Gasteiger partial charge in [-0.1, -0.05) is 11.6 Å². The van der Waals surface area contributed by atoms with E-state index in [-0.39, 0.29) is 10.8 Å². The molecule has 1 aliphatic heterocycles. The van der Waals surface area contributed by atoms with Gasteiger partial charge < -0.3 is 14.0 Å². The summed E-state index contributed by atoms with van der Waals surface area (Å²) >= 11 is 6.15. The third-order valence-corrected chi connectivity index (χ3v) is 4.63. The minimum absolute atomic E-state index is 0.0458. The molecule has 1 saturated heterocycles. The van der Waals surface area contributed by atoms with E-state index in [9.17, 15) is 4.39 Å². The molecule has 2 rings (SSSR count). The van der Waals surface area contributed by atoms with Crippen LogP contribution in [-0.2, 0) is 9.31 Å². The van der Waals surface area contributed by atoms with Crippen LogP contribution in [0.2, 0.25) is 5.02 Å². The van der Waals surface area contributed by atoms with Crippen LogP contribution < -0.4 is 10.2 Å². The van der Waals surface area contributed by atoms with Crippen molar-refractivity contribution in [1.29, 1.82) is 0 Å². The molecular formula is C14H19BClFO3. The van der Waals surface area contributed by atoms with Gasteiger partial charge >= 0.3 is 7.12 Å². The van der Waals surface area contributed by atoms with Crippen LogP contribution in [0.25, 0.3) is 0 Å². The number of ether oxygens (including phenoxy) is 1. The Kier molecular flexibility index (Phi) is 3.82. The van der Waals surface area contributed by atoms with E-state index in [0.717, 1.165) is 0 Å². The second-order valence-electron chi connectivity index (χ2n) is 6.01. The maximum absolute atomic E-state index is 14.0. The molecule has 1 heterocycles. The van der Waals surface area contributed by atoms with Crippen LogP contribution in [0, 0.1) is 12.7 Å². The van der Waals surface area contributed by atoms with Crippen LogP contribution in [0.1, 0.15) is 33.3 Å². The lowest BCUT2D eigenvalue weighted by Crippen LogP contribution is -2.41. The van der Waals surface area contributed by atoms with Crippen molar-refractivity contribution in [3.05, 3.63) is 22.5 Å². The Hall–Kier alpha value is -0.775. The summed E-state index contributed by atoms with van der Waals surface area (Å²) in [7, 11) is 0.746. The van der Waals surface area contributed by atoms with E-state index in [1.54, 1.807) is 6.92 Å². The maximum Gasteiger partial charge on any atom is 0.495 e. The van der Waals surface area contributed by atoms with Crippen molar-refractivity contribution in [2.24, 2.45) is 0 Å². The predicted molar refractivity (Wildman–Crippen MR) is 78.4 cm³/mol. The minimum atomic E-state index is -0.641. The van der Waals surface area contributed by atoms with Gasteiger partial charge in [0.2, 0.25) is 0 Å². The molecule has 0 aromatic heterocycles. The molecule has 6 heteroatoms. The summed E-state index contributed by atoms with van der Waals surface area (Å²) in [5, 5.41) is 0.247. The fourth-order valence-electron chi connectivity index (χ4n) is 2.11. The molecule has 3 nitrogen and oxygen atoms in total. The molecular weight excluding hydrogens is 281 g/mol. The predicted octanol–water partition coefficient (Wildman–Crippen LogP) is 3.10. The van der Waals surface area contributed by atoms with E-state index >= 15 is 0 Å². The lowest BCUT2D eigenvalue weighted by Gasteiger charge is -2.32. The summed E-state index contributed by atoms with van der Waals surface area (Å²) < 4.78 is 30.8. The number of halogens is 2. The molecule has 0 radical (unpaired) electrons.